The van der Waals surface area contributed by atoms with Gasteiger partial charge in [-0.2, -0.15) is 0 Å². The lowest BCUT2D eigenvalue weighted by molar-refractivity contribution is 0.415. The maximum Gasteiger partial charge on any atom is 0.206 e. The first kappa shape index (κ1) is 101. The zero-order chi connectivity index (χ0) is 101. The molecular weight excluding hydrogens is 1900 g/mol. The van der Waals surface area contributed by atoms with Crippen LogP contribution in [-0.4, -0.2) is 69.6 Å². The fourth-order valence-corrected chi connectivity index (χ4v) is 22.2. The van der Waals surface area contributed by atoms with Crippen LogP contribution in [0.2, 0.25) is 0 Å². The largest absolute Gasteiger partial charge is 0.508 e. The first-order valence-corrected chi connectivity index (χ1v) is 52.0. The van der Waals surface area contributed by atoms with Crippen molar-refractivity contribution in [3.05, 3.63) is 521 Å². The monoisotopic (exact) mass is 2000 g/mol. The molecule has 4 N–H and O–H groups in total. The zero-order valence-electron chi connectivity index (χ0n) is 77.9. The molecule has 0 saturated carbocycles. The van der Waals surface area contributed by atoms with Crippen LogP contribution < -0.4 is 18.9 Å². The van der Waals surface area contributed by atoms with E-state index < -0.39 is 60.8 Å². The van der Waals surface area contributed by atoms with Gasteiger partial charge in [-0.1, -0.05) is 188 Å². The summed E-state index contributed by atoms with van der Waals surface area (Å²) in [4.78, 5) is 0.744. The second-order valence-corrected chi connectivity index (χ2v) is 42.8. The second kappa shape index (κ2) is 44.3. The van der Waals surface area contributed by atoms with Crippen LogP contribution in [0.4, 0.5) is 8.78 Å². The van der Waals surface area contributed by atoms with Gasteiger partial charge in [0.05, 0.1) is 56.1 Å². The second-order valence-electron chi connectivity index (χ2n) is 33.0. The molecule has 0 amide bonds. The van der Waals surface area contributed by atoms with E-state index in [-0.39, 0.29) is 72.0 Å². The van der Waals surface area contributed by atoms with E-state index in [0.717, 1.165) is 102 Å². The van der Waals surface area contributed by atoms with E-state index in [1.807, 2.05) is 140 Å². The number of phenols is 4. The standard InChI is InChI=1S/C64H48O10S3.C26H20O2.C16H18O4S.C12H8F2O2S/c1-45-13-33-57(34-14-45)75(65,66)58-35-25-53(26-36-58)73-54-27-41-61(42-28-54)77(69,70)62-43-31-56(32-44-62)74-55-29-39-60(40-30-55)76(67,68)59-37-23-52(24-38-59)72-51-21-17-49(18-22-51)64(47-11-7-4-8-12-47)63(46-9-5-3-6-10-46)48-15-19-50(71-2)20-16-48;27-23-15-11-21(12-16-23)25(19-7-3-1-4-8-19)26(20-9-5-2-6-10-20)22-13-17-24(28)18-14-22;1-9-5-13(6-10(2)15(9)17)21(19,20)14-7-11(3)16(18)12(4)8-14;13-9-1-5-11(6-2-9)17(15,16)12-7-3-10(14)4-8-12/h3-44H,1-2H3;1-18,27-28H;5-8,17-18H,1-4H3;1-8H/b64-63-;26-25-;;. The third-order valence-corrected chi connectivity index (χ3v) is 31.9. The quantitative estimate of drug-likeness (QED) is 0.0305. The first-order chi connectivity index (χ1) is 68.6. The highest BCUT2D eigenvalue weighted by molar-refractivity contribution is 7.92. The predicted molar refractivity (Wildman–Crippen MR) is 550 cm³/mol. The zero-order valence-corrected chi connectivity index (χ0v) is 82.0. The van der Waals surface area contributed by atoms with Crippen molar-refractivity contribution in [3.63, 3.8) is 0 Å². The summed E-state index contributed by atoms with van der Waals surface area (Å²) in [5, 5.41) is 39.1. The summed E-state index contributed by atoms with van der Waals surface area (Å²) in [7, 11) is -17.3. The van der Waals surface area contributed by atoms with Crippen molar-refractivity contribution >= 4 is 71.5 Å². The molecule has 0 aliphatic carbocycles. The van der Waals surface area contributed by atoms with Crippen LogP contribution in [0, 0.1) is 46.3 Å². The van der Waals surface area contributed by atoms with E-state index in [4.69, 9.17) is 18.9 Å². The number of sulfone groups is 5. The molecule has 0 spiro atoms. The van der Waals surface area contributed by atoms with Gasteiger partial charge in [0.15, 0.2) is 0 Å². The fourth-order valence-electron chi connectivity index (χ4n) is 15.6. The Bertz CT molecular complexity index is 7980. The van der Waals surface area contributed by atoms with Crippen LogP contribution >= 0.6 is 0 Å². The minimum Gasteiger partial charge on any atom is -0.508 e. The SMILES string of the molecule is COc1ccc(/C(=C(/c2ccccc2)c2ccc(Oc3ccc(S(=O)(=O)c4ccc(Oc5ccc(S(=O)(=O)c6ccc(Oc7ccc(S(=O)(=O)c8ccc(C)cc8)cc7)cc6)cc5)cc4)cc3)cc2)c2ccccc2)cc1.Cc1cc(S(=O)(=O)c2cc(C)c(O)c(C)c2)cc(C)c1O.O=S(=O)(c1ccc(F)cc1)c1ccc(F)cc1.Oc1ccc(/C(=C(/c2ccccc2)c2ccc(O)cc2)c2ccccc2)cc1. The van der Waals surface area contributed by atoms with E-state index in [9.17, 15) is 71.3 Å². The summed E-state index contributed by atoms with van der Waals surface area (Å²) in [5.74, 6) is 2.87. The van der Waals surface area contributed by atoms with Crippen molar-refractivity contribution in [2.24, 2.45) is 0 Å². The van der Waals surface area contributed by atoms with Crippen molar-refractivity contribution in [1.29, 1.82) is 0 Å². The number of halogens is 2. The van der Waals surface area contributed by atoms with Gasteiger partial charge < -0.3 is 39.4 Å². The van der Waals surface area contributed by atoms with Gasteiger partial charge >= 0.3 is 0 Å². The van der Waals surface area contributed by atoms with Gasteiger partial charge in [0.2, 0.25) is 49.2 Å². The Morgan fingerprint density at radius 2 is 0.371 bits per heavy atom. The molecule has 18 nitrogen and oxygen atoms in total. The summed E-state index contributed by atoms with van der Waals surface area (Å²) in [6.07, 6.45) is 0. The van der Waals surface area contributed by atoms with Crippen LogP contribution in [0.25, 0.3) is 22.3 Å². The third-order valence-electron chi connectivity index (χ3n) is 23.1. The number of phenolic OH excluding ortho intramolecular Hbond substituents is 4. The lowest BCUT2D eigenvalue weighted by atomic mass is 9.86. The molecule has 0 bridgehead atoms. The molecule has 0 atom stereocenters. The molecule has 18 aromatic carbocycles. The molecule has 0 heterocycles. The highest BCUT2D eigenvalue weighted by Crippen LogP contribution is 2.43. The Morgan fingerprint density at radius 3 is 0.580 bits per heavy atom. The van der Waals surface area contributed by atoms with Crippen molar-refractivity contribution in [3.8, 4) is 63.2 Å². The molecule has 0 fully saturated rings. The number of aromatic hydroxyl groups is 4. The summed E-state index contributed by atoms with van der Waals surface area (Å²) >= 11 is 0. The lowest BCUT2D eigenvalue weighted by Gasteiger charge is -2.18. The van der Waals surface area contributed by atoms with Gasteiger partial charge in [-0.25, -0.2) is 50.9 Å². The minimum absolute atomic E-state index is 0.0227. The molecule has 718 valence electrons. The van der Waals surface area contributed by atoms with Crippen molar-refractivity contribution in [2.45, 2.75) is 83.6 Å². The summed E-state index contributed by atoms with van der Waals surface area (Å²) in [6, 6.07) is 123. The number of rotatable bonds is 25. The lowest BCUT2D eigenvalue weighted by Crippen LogP contribution is -2.04. The Kier molecular flexibility index (Phi) is 31.2. The number of aryl methyl sites for hydroxylation is 5. The van der Waals surface area contributed by atoms with Crippen LogP contribution in [0.5, 0.6) is 63.2 Å². The average molecular weight is 2000 g/mol. The number of methoxy groups -OCH3 is 1. The summed E-state index contributed by atoms with van der Waals surface area (Å²) in [6.45, 7) is 8.53. The molecular formula is C118H94F2O18S5. The molecule has 143 heavy (non-hydrogen) atoms. The fraction of sp³-hybridized carbons (Fsp3) is 0.0508. The molecule has 0 aromatic heterocycles. The molecule has 0 radical (unpaired) electrons. The summed E-state index contributed by atoms with van der Waals surface area (Å²) < 4.78 is 179. The molecule has 0 saturated heterocycles. The third kappa shape index (κ3) is 24.1. The van der Waals surface area contributed by atoms with Gasteiger partial charge in [-0.15, -0.1) is 0 Å². The van der Waals surface area contributed by atoms with Crippen LogP contribution in [0.3, 0.4) is 0 Å². The van der Waals surface area contributed by atoms with Gasteiger partial charge in [-0.05, 0) is 378 Å². The van der Waals surface area contributed by atoms with Crippen LogP contribution in [0.1, 0.15) is 72.3 Å². The van der Waals surface area contributed by atoms with E-state index in [1.165, 1.54) is 158 Å². The number of hydrogen-bond donors (Lipinski definition) is 4. The summed E-state index contributed by atoms with van der Waals surface area (Å²) in [5.41, 5.74) is 15.5. The van der Waals surface area contributed by atoms with Crippen molar-refractivity contribution in [2.75, 3.05) is 7.11 Å². The maximum atomic E-state index is 13.7. The smallest absolute Gasteiger partial charge is 0.206 e. The Hall–Kier alpha value is -16.6. The molecule has 0 aliphatic heterocycles. The molecule has 0 unspecified atom stereocenters. The molecule has 25 heteroatoms. The van der Waals surface area contributed by atoms with Gasteiger partial charge in [0.1, 0.15) is 74.9 Å². The number of hydrogen-bond acceptors (Lipinski definition) is 18. The maximum absolute atomic E-state index is 13.7. The number of benzene rings is 18. The van der Waals surface area contributed by atoms with E-state index in [0.29, 0.717) is 56.8 Å². The highest BCUT2D eigenvalue weighted by Gasteiger charge is 2.27. The van der Waals surface area contributed by atoms with Crippen molar-refractivity contribution < 1.29 is 90.2 Å². The van der Waals surface area contributed by atoms with Crippen LogP contribution in [-0.2, 0) is 49.2 Å². The Balaban J connectivity index is 0.000000186. The topological polar surface area (TPSA) is 289 Å². The van der Waals surface area contributed by atoms with Crippen molar-refractivity contribution in [1.82, 2.24) is 0 Å². The van der Waals surface area contributed by atoms with E-state index in [1.54, 1.807) is 95.5 Å². The Labute approximate surface area is 830 Å². The molecule has 0 aliphatic rings. The van der Waals surface area contributed by atoms with E-state index >= 15 is 0 Å². The molecule has 18 aromatic rings. The highest BCUT2D eigenvalue weighted by atomic mass is 32.2. The van der Waals surface area contributed by atoms with Gasteiger partial charge in [0.25, 0.3) is 0 Å². The predicted octanol–water partition coefficient (Wildman–Crippen LogP) is 27.0. The van der Waals surface area contributed by atoms with E-state index in [2.05, 4.69) is 60.7 Å². The number of ether oxygens (including phenoxy) is 4. The van der Waals surface area contributed by atoms with Crippen LogP contribution in [0.15, 0.2) is 486 Å². The van der Waals surface area contributed by atoms with Gasteiger partial charge in [0, 0.05) is 0 Å². The Morgan fingerprint density at radius 1 is 0.203 bits per heavy atom. The normalized spacial score (nSPS) is 11.8. The minimum atomic E-state index is -3.93. The van der Waals surface area contributed by atoms with Gasteiger partial charge in [-0.3, -0.25) is 0 Å². The molecule has 18 rings (SSSR count). The average Bonchev–Trinajstić information content (AvgIpc) is 0.774. The first-order valence-electron chi connectivity index (χ1n) is 44.6.